The van der Waals surface area contributed by atoms with E-state index >= 15 is 0 Å². The zero-order valence-electron chi connectivity index (χ0n) is 13.6. The van der Waals surface area contributed by atoms with Crippen molar-refractivity contribution >= 4 is 27.9 Å². The largest absolute Gasteiger partial charge is 0.493 e. The third-order valence-corrected chi connectivity index (χ3v) is 3.90. The summed E-state index contributed by atoms with van der Waals surface area (Å²) in [6.07, 6.45) is 1.65. The second-order valence-electron chi connectivity index (χ2n) is 5.01. The van der Waals surface area contributed by atoms with Crippen molar-refractivity contribution in [3.63, 3.8) is 0 Å². The fraction of sp³-hybridized carbons (Fsp3) is 0.118. The Morgan fingerprint density at radius 2 is 1.68 bits per heavy atom. The van der Waals surface area contributed by atoms with Gasteiger partial charge in [-0.1, -0.05) is 0 Å². The van der Waals surface area contributed by atoms with Gasteiger partial charge < -0.3 is 14.2 Å². The maximum Gasteiger partial charge on any atom is 0.259 e. The Hall–Kier alpha value is -2.84. The van der Waals surface area contributed by atoms with E-state index in [1.165, 1.54) is 0 Å². The molecule has 1 unspecified atom stereocenters. The predicted molar refractivity (Wildman–Crippen MR) is 95.8 cm³/mol. The van der Waals surface area contributed by atoms with Gasteiger partial charge in [-0.25, -0.2) is 4.21 Å². The van der Waals surface area contributed by atoms with Crippen molar-refractivity contribution in [3.8, 4) is 23.0 Å². The van der Waals surface area contributed by atoms with Crippen LogP contribution in [-0.2, 0) is 11.3 Å². The highest BCUT2D eigenvalue weighted by Gasteiger charge is 2.11. The summed E-state index contributed by atoms with van der Waals surface area (Å²) in [6.45, 7) is 0. The van der Waals surface area contributed by atoms with Crippen molar-refractivity contribution in [1.29, 1.82) is 0 Å². The Morgan fingerprint density at radius 3 is 2.32 bits per heavy atom. The molecule has 1 heterocycles. The van der Waals surface area contributed by atoms with Crippen molar-refractivity contribution < 1.29 is 23.0 Å². The van der Waals surface area contributed by atoms with Crippen LogP contribution in [0.4, 0.5) is 5.69 Å². The van der Waals surface area contributed by atoms with Gasteiger partial charge in [0.05, 0.1) is 19.7 Å². The van der Waals surface area contributed by atoms with Crippen LogP contribution in [0.1, 0.15) is 0 Å². The van der Waals surface area contributed by atoms with E-state index in [2.05, 4.69) is 9.71 Å². The fourth-order valence-electron chi connectivity index (χ4n) is 2.36. The van der Waals surface area contributed by atoms with Crippen LogP contribution in [0, 0.1) is 0 Å². The average molecular weight is 360 g/mol. The number of nitrogens with zero attached hydrogens (tertiary/aromatic N) is 1. The molecule has 0 fully saturated rings. The summed E-state index contributed by atoms with van der Waals surface area (Å²) >= 11 is -2.11. The summed E-state index contributed by atoms with van der Waals surface area (Å²) in [5.41, 5.74) is 1.23. The van der Waals surface area contributed by atoms with Crippen LogP contribution < -0.4 is 18.9 Å². The van der Waals surface area contributed by atoms with E-state index in [9.17, 15) is 4.21 Å². The van der Waals surface area contributed by atoms with Gasteiger partial charge in [-0.15, -0.1) is 0 Å². The molecule has 7 nitrogen and oxygen atoms in total. The molecule has 25 heavy (non-hydrogen) atoms. The highest BCUT2D eigenvalue weighted by atomic mass is 32.2. The number of methoxy groups -OCH3 is 2. The number of rotatable bonds is 6. The minimum atomic E-state index is -2.11. The first-order valence-corrected chi connectivity index (χ1v) is 8.37. The first kappa shape index (κ1) is 17.0. The summed E-state index contributed by atoms with van der Waals surface area (Å²) in [5.74, 6) is 2.36. The number of anilines is 1. The maximum atomic E-state index is 10.7. The standard InChI is InChI=1S/C17H16N2O5S/c1-22-16-9-13-14(10-17(16)23-2)18-8-7-15(13)24-12-5-3-11(4-6-12)19-25(20)21/h3-10,19H,1-2H3,(H,20,21). The molecule has 0 aliphatic heterocycles. The van der Waals surface area contributed by atoms with Gasteiger partial charge in [0, 0.05) is 23.3 Å². The van der Waals surface area contributed by atoms with Crippen LogP contribution in [0.15, 0.2) is 48.7 Å². The molecule has 1 atom stereocenters. The molecule has 3 aromatic rings. The highest BCUT2D eigenvalue weighted by Crippen LogP contribution is 2.36. The van der Waals surface area contributed by atoms with Crippen molar-refractivity contribution in [3.05, 3.63) is 48.7 Å². The monoisotopic (exact) mass is 360 g/mol. The van der Waals surface area contributed by atoms with E-state index < -0.39 is 11.3 Å². The summed E-state index contributed by atoms with van der Waals surface area (Å²) in [6, 6.07) is 12.0. The Morgan fingerprint density at radius 1 is 1.00 bits per heavy atom. The average Bonchev–Trinajstić information content (AvgIpc) is 2.62. The second kappa shape index (κ2) is 7.37. The highest BCUT2D eigenvalue weighted by molar-refractivity contribution is 7.80. The molecule has 3 rings (SSSR count). The van der Waals surface area contributed by atoms with Crippen LogP contribution in [0.25, 0.3) is 10.9 Å². The summed E-state index contributed by atoms with van der Waals surface area (Å²) < 4.78 is 38.5. The van der Waals surface area contributed by atoms with E-state index in [4.69, 9.17) is 18.8 Å². The fourth-order valence-corrected chi connectivity index (χ4v) is 2.69. The molecule has 2 aromatic carbocycles. The third kappa shape index (κ3) is 3.81. The molecule has 0 saturated heterocycles. The van der Waals surface area contributed by atoms with Crippen LogP contribution in [0.5, 0.6) is 23.0 Å². The lowest BCUT2D eigenvalue weighted by atomic mass is 10.2. The molecule has 0 bridgehead atoms. The van der Waals surface area contributed by atoms with Crippen LogP contribution in [-0.4, -0.2) is 28.0 Å². The van der Waals surface area contributed by atoms with E-state index in [1.54, 1.807) is 62.9 Å². The zero-order valence-corrected chi connectivity index (χ0v) is 14.4. The number of aromatic nitrogens is 1. The van der Waals surface area contributed by atoms with E-state index in [0.717, 1.165) is 5.39 Å². The number of hydrogen-bond donors (Lipinski definition) is 2. The molecular formula is C17H16N2O5S. The molecule has 8 heteroatoms. The summed E-state index contributed by atoms with van der Waals surface area (Å²) in [4.78, 5) is 4.33. The van der Waals surface area contributed by atoms with Crippen molar-refractivity contribution in [1.82, 2.24) is 4.98 Å². The molecule has 1 aromatic heterocycles. The smallest absolute Gasteiger partial charge is 0.259 e. The van der Waals surface area contributed by atoms with Gasteiger partial charge in [-0.05, 0) is 36.4 Å². The van der Waals surface area contributed by atoms with Gasteiger partial charge in [-0.2, -0.15) is 0 Å². The van der Waals surface area contributed by atoms with Crippen molar-refractivity contribution in [2.45, 2.75) is 0 Å². The van der Waals surface area contributed by atoms with Crippen LogP contribution >= 0.6 is 0 Å². The van der Waals surface area contributed by atoms with Gasteiger partial charge in [0.2, 0.25) is 0 Å². The number of fused-ring (bicyclic) bond motifs is 1. The molecule has 130 valence electrons. The second-order valence-corrected chi connectivity index (χ2v) is 5.71. The normalized spacial score (nSPS) is 11.8. The number of hydrogen-bond acceptors (Lipinski definition) is 5. The molecule has 0 amide bonds. The van der Waals surface area contributed by atoms with Gasteiger partial charge in [0.15, 0.2) is 11.5 Å². The lowest BCUT2D eigenvalue weighted by molar-refractivity contribution is 0.355. The van der Waals surface area contributed by atoms with Gasteiger partial charge in [0.25, 0.3) is 11.3 Å². The lowest BCUT2D eigenvalue weighted by Crippen LogP contribution is -2.01. The minimum Gasteiger partial charge on any atom is -0.493 e. The third-order valence-electron chi connectivity index (χ3n) is 3.49. The van der Waals surface area contributed by atoms with Crippen LogP contribution in [0.2, 0.25) is 0 Å². The maximum absolute atomic E-state index is 10.7. The molecule has 0 radical (unpaired) electrons. The first-order chi connectivity index (χ1) is 12.1. The lowest BCUT2D eigenvalue weighted by Gasteiger charge is -2.12. The predicted octanol–water partition coefficient (Wildman–Crippen LogP) is 3.59. The summed E-state index contributed by atoms with van der Waals surface area (Å²) in [5, 5.41) is 0.777. The minimum absolute atomic E-state index is 0.513. The van der Waals surface area contributed by atoms with Crippen LogP contribution in [0.3, 0.4) is 0 Å². The Bertz CT molecular complexity index is 915. The molecule has 0 aliphatic carbocycles. The van der Waals surface area contributed by atoms with Gasteiger partial charge >= 0.3 is 0 Å². The van der Waals surface area contributed by atoms with E-state index in [0.29, 0.717) is 34.2 Å². The Balaban J connectivity index is 1.94. The number of ether oxygens (including phenoxy) is 3. The van der Waals surface area contributed by atoms with Crippen molar-refractivity contribution in [2.24, 2.45) is 0 Å². The molecule has 0 aliphatic rings. The summed E-state index contributed by atoms with van der Waals surface area (Å²) in [7, 11) is 3.14. The SMILES string of the molecule is COc1cc2nccc(Oc3ccc(NS(=O)O)cc3)c2cc1OC. The number of benzene rings is 2. The van der Waals surface area contributed by atoms with Gasteiger partial charge in [-0.3, -0.25) is 14.3 Å². The topological polar surface area (TPSA) is 89.9 Å². The van der Waals surface area contributed by atoms with E-state index in [1.807, 2.05) is 0 Å². The first-order valence-electron chi connectivity index (χ1n) is 7.27. The number of nitrogens with one attached hydrogen (secondary N) is 1. The quantitative estimate of drug-likeness (QED) is 0.653. The van der Waals surface area contributed by atoms with Crippen molar-refractivity contribution in [2.75, 3.05) is 18.9 Å². The molecule has 2 N–H and O–H groups in total. The Kier molecular flexibility index (Phi) is 5.01. The molecule has 0 saturated carbocycles. The van der Waals surface area contributed by atoms with E-state index in [-0.39, 0.29) is 0 Å². The molecular weight excluding hydrogens is 344 g/mol. The molecule has 0 spiro atoms. The number of pyridine rings is 1. The zero-order chi connectivity index (χ0) is 17.8. The van der Waals surface area contributed by atoms with Gasteiger partial charge in [0.1, 0.15) is 11.5 Å². The Labute approximate surface area is 147 Å².